The topological polar surface area (TPSA) is 62.2 Å². The van der Waals surface area contributed by atoms with Crippen LogP contribution < -0.4 is 5.32 Å². The van der Waals surface area contributed by atoms with Crippen LogP contribution in [0.1, 0.15) is 15.6 Å². The molecule has 0 aliphatic carbocycles. The van der Waals surface area contributed by atoms with Gasteiger partial charge in [-0.25, -0.2) is 9.78 Å². The first-order valence-electron chi connectivity index (χ1n) is 3.99. The fourth-order valence-corrected chi connectivity index (χ4v) is 2.03. The number of aryl methyl sites for hydroxylation is 2. The molecule has 1 heterocycles. The molecular formula is C8H12N2O2S. The predicted octanol–water partition coefficient (Wildman–Crippen LogP) is 1.57. The summed E-state index contributed by atoms with van der Waals surface area (Å²) in [7, 11) is 0. The summed E-state index contributed by atoms with van der Waals surface area (Å²) in [6.07, 6.45) is -0.247. The number of hydrogen-bond acceptors (Lipinski definition) is 3. The Bertz CT molecular complexity index is 309. The third-order valence-corrected chi connectivity index (χ3v) is 2.76. The highest BCUT2D eigenvalue weighted by molar-refractivity contribution is 7.11. The summed E-state index contributed by atoms with van der Waals surface area (Å²) < 4.78 is 0. The van der Waals surface area contributed by atoms with E-state index in [2.05, 4.69) is 10.3 Å². The number of nitrogens with zero attached hydrogens (tertiary/aromatic N) is 1. The Balaban J connectivity index is 2.45. The molecule has 4 nitrogen and oxygen atoms in total. The van der Waals surface area contributed by atoms with Crippen LogP contribution in [0.4, 0.5) is 4.79 Å². The molecule has 1 amide bonds. The Morgan fingerprint density at radius 3 is 2.77 bits per heavy atom. The van der Waals surface area contributed by atoms with Crippen LogP contribution in [0.15, 0.2) is 0 Å². The van der Waals surface area contributed by atoms with Gasteiger partial charge in [-0.2, -0.15) is 0 Å². The zero-order valence-corrected chi connectivity index (χ0v) is 8.44. The van der Waals surface area contributed by atoms with E-state index in [1.165, 1.54) is 0 Å². The Morgan fingerprint density at radius 1 is 1.62 bits per heavy atom. The van der Waals surface area contributed by atoms with E-state index in [1.807, 2.05) is 13.8 Å². The average molecular weight is 200 g/mol. The molecule has 0 atom stereocenters. The Morgan fingerprint density at radius 2 is 2.31 bits per heavy atom. The summed E-state index contributed by atoms with van der Waals surface area (Å²) in [4.78, 5) is 15.6. The molecule has 0 bridgehead atoms. The molecule has 0 fully saturated rings. The lowest BCUT2D eigenvalue weighted by Gasteiger charge is -1.98. The van der Waals surface area contributed by atoms with Gasteiger partial charge in [0.25, 0.3) is 0 Å². The van der Waals surface area contributed by atoms with Gasteiger partial charge in [0.2, 0.25) is 0 Å². The van der Waals surface area contributed by atoms with E-state index in [9.17, 15) is 4.79 Å². The van der Waals surface area contributed by atoms with Crippen molar-refractivity contribution in [3.05, 3.63) is 15.6 Å². The first kappa shape index (κ1) is 9.98. The maximum atomic E-state index is 10.2. The summed E-state index contributed by atoms with van der Waals surface area (Å²) in [5.74, 6) is 0. The minimum Gasteiger partial charge on any atom is -0.465 e. The lowest BCUT2D eigenvalue weighted by atomic mass is 10.3. The van der Waals surface area contributed by atoms with Crippen molar-refractivity contribution in [2.45, 2.75) is 20.3 Å². The number of amides is 1. The molecule has 0 aliphatic rings. The minimum atomic E-state index is -0.973. The van der Waals surface area contributed by atoms with Crippen LogP contribution in [0.25, 0.3) is 0 Å². The maximum absolute atomic E-state index is 10.2. The molecule has 0 aromatic carbocycles. The van der Waals surface area contributed by atoms with E-state index >= 15 is 0 Å². The van der Waals surface area contributed by atoms with Crippen molar-refractivity contribution in [1.29, 1.82) is 0 Å². The van der Waals surface area contributed by atoms with Crippen LogP contribution in [0.3, 0.4) is 0 Å². The van der Waals surface area contributed by atoms with Crippen molar-refractivity contribution in [3.63, 3.8) is 0 Å². The second kappa shape index (κ2) is 4.23. The summed E-state index contributed by atoms with van der Waals surface area (Å²) in [6.45, 7) is 4.35. The molecule has 1 rings (SSSR count). The van der Waals surface area contributed by atoms with Gasteiger partial charge >= 0.3 is 6.09 Å². The van der Waals surface area contributed by atoms with Crippen LogP contribution in [-0.4, -0.2) is 22.7 Å². The fourth-order valence-electron chi connectivity index (χ4n) is 1.09. The molecule has 0 aliphatic heterocycles. The molecule has 2 N–H and O–H groups in total. The van der Waals surface area contributed by atoms with Gasteiger partial charge in [-0.3, -0.25) is 0 Å². The van der Waals surface area contributed by atoms with Gasteiger partial charge in [0.05, 0.1) is 10.7 Å². The SMILES string of the molecule is Cc1nc(C)c(CCNC(=O)O)s1. The van der Waals surface area contributed by atoms with Gasteiger partial charge in [0, 0.05) is 17.8 Å². The zero-order valence-electron chi connectivity index (χ0n) is 7.63. The van der Waals surface area contributed by atoms with Gasteiger partial charge in [0.1, 0.15) is 0 Å². The first-order valence-corrected chi connectivity index (χ1v) is 4.81. The quantitative estimate of drug-likeness (QED) is 0.778. The van der Waals surface area contributed by atoms with E-state index in [1.54, 1.807) is 11.3 Å². The van der Waals surface area contributed by atoms with Crippen LogP contribution in [0.5, 0.6) is 0 Å². The molecule has 0 radical (unpaired) electrons. The van der Waals surface area contributed by atoms with Gasteiger partial charge in [-0.05, 0) is 13.8 Å². The second-order valence-electron chi connectivity index (χ2n) is 2.72. The summed E-state index contributed by atoms with van der Waals surface area (Å²) in [5.41, 5.74) is 1.01. The van der Waals surface area contributed by atoms with E-state index in [-0.39, 0.29) is 0 Å². The third kappa shape index (κ3) is 3.02. The van der Waals surface area contributed by atoms with Crippen molar-refractivity contribution < 1.29 is 9.90 Å². The number of rotatable bonds is 3. The highest BCUT2D eigenvalue weighted by Crippen LogP contribution is 2.16. The predicted molar refractivity (Wildman–Crippen MR) is 51.3 cm³/mol. The number of hydrogen-bond donors (Lipinski definition) is 2. The number of thiazole rings is 1. The second-order valence-corrected chi connectivity index (χ2v) is 4.01. The number of aromatic nitrogens is 1. The van der Waals surface area contributed by atoms with Gasteiger partial charge < -0.3 is 10.4 Å². The van der Waals surface area contributed by atoms with Crippen molar-refractivity contribution in [3.8, 4) is 0 Å². The standard InChI is InChI=1S/C8H12N2O2S/c1-5-7(13-6(2)10-5)3-4-9-8(11)12/h9H,3-4H2,1-2H3,(H,11,12). The first-order chi connectivity index (χ1) is 6.09. The summed E-state index contributed by atoms with van der Waals surface area (Å²) in [6, 6.07) is 0. The Hall–Kier alpha value is -1.10. The largest absolute Gasteiger partial charge is 0.465 e. The van der Waals surface area contributed by atoms with Crippen LogP contribution in [-0.2, 0) is 6.42 Å². The van der Waals surface area contributed by atoms with Crippen molar-refractivity contribution in [2.75, 3.05) is 6.54 Å². The van der Waals surface area contributed by atoms with Crippen LogP contribution in [0.2, 0.25) is 0 Å². The molecule has 72 valence electrons. The molecule has 0 saturated heterocycles. The normalized spacial score (nSPS) is 10.0. The molecule has 5 heteroatoms. The van der Waals surface area contributed by atoms with Crippen LogP contribution in [0, 0.1) is 13.8 Å². The molecule has 0 unspecified atom stereocenters. The van der Waals surface area contributed by atoms with E-state index in [4.69, 9.17) is 5.11 Å². The van der Waals surface area contributed by atoms with Crippen molar-refractivity contribution in [2.24, 2.45) is 0 Å². The van der Waals surface area contributed by atoms with Gasteiger partial charge in [0.15, 0.2) is 0 Å². The highest BCUT2D eigenvalue weighted by atomic mass is 32.1. The van der Waals surface area contributed by atoms with Gasteiger partial charge in [-0.15, -0.1) is 11.3 Å². The highest BCUT2D eigenvalue weighted by Gasteiger charge is 2.04. The van der Waals surface area contributed by atoms with Crippen molar-refractivity contribution >= 4 is 17.4 Å². The van der Waals surface area contributed by atoms with E-state index in [0.717, 1.165) is 22.0 Å². The van der Waals surface area contributed by atoms with Crippen LogP contribution >= 0.6 is 11.3 Å². The lowest BCUT2D eigenvalue weighted by molar-refractivity contribution is 0.194. The molecule has 0 saturated carbocycles. The number of nitrogens with one attached hydrogen (secondary N) is 1. The van der Waals surface area contributed by atoms with E-state index in [0.29, 0.717) is 6.54 Å². The number of carbonyl (C=O) groups is 1. The molecular weight excluding hydrogens is 188 g/mol. The van der Waals surface area contributed by atoms with Gasteiger partial charge in [-0.1, -0.05) is 0 Å². The minimum absolute atomic E-state index is 0.456. The number of carboxylic acid groups (broad SMARTS) is 1. The van der Waals surface area contributed by atoms with E-state index < -0.39 is 6.09 Å². The fraction of sp³-hybridized carbons (Fsp3) is 0.500. The smallest absolute Gasteiger partial charge is 0.404 e. The Kier molecular flexibility index (Phi) is 3.25. The Labute approximate surface area is 80.6 Å². The molecule has 1 aromatic heterocycles. The van der Waals surface area contributed by atoms with Crippen molar-refractivity contribution in [1.82, 2.24) is 10.3 Å². The summed E-state index contributed by atoms with van der Waals surface area (Å²) in [5, 5.41) is 11.7. The molecule has 0 spiro atoms. The third-order valence-electron chi connectivity index (χ3n) is 1.63. The zero-order chi connectivity index (χ0) is 9.84. The lowest BCUT2D eigenvalue weighted by Crippen LogP contribution is -2.23. The maximum Gasteiger partial charge on any atom is 0.404 e. The molecule has 1 aromatic rings. The molecule has 13 heavy (non-hydrogen) atoms. The summed E-state index contributed by atoms with van der Waals surface area (Å²) >= 11 is 1.62. The monoisotopic (exact) mass is 200 g/mol. The average Bonchev–Trinajstić information content (AvgIpc) is 2.29.